The molecule has 1 N–H and O–H groups in total. The summed E-state index contributed by atoms with van der Waals surface area (Å²) in [5, 5.41) is 3.36. The molecular weight excluding hydrogens is 320 g/mol. The molecule has 112 valence electrons. The van der Waals surface area contributed by atoms with E-state index in [0.717, 1.165) is 22.3 Å². The van der Waals surface area contributed by atoms with E-state index < -0.39 is 6.10 Å². The maximum Gasteiger partial charge on any atom is 0.262 e. The Balaban J connectivity index is 2.97. The van der Waals surface area contributed by atoms with E-state index in [4.69, 9.17) is 4.74 Å². The molecule has 5 heteroatoms. The van der Waals surface area contributed by atoms with Gasteiger partial charge in [-0.1, -0.05) is 22.9 Å². The Labute approximate surface area is 129 Å². The number of nitrogens with one attached hydrogen (secondary N) is 1. The number of hydrogen-bond acceptors (Lipinski definition) is 3. The van der Waals surface area contributed by atoms with Gasteiger partial charge in [0.2, 0.25) is 0 Å². The molecule has 1 aromatic carbocycles. The summed E-state index contributed by atoms with van der Waals surface area (Å²) in [6.07, 6.45) is -0.501. The van der Waals surface area contributed by atoms with E-state index in [1.165, 1.54) is 4.90 Å². The third-order valence-corrected chi connectivity index (χ3v) is 3.53. The smallest absolute Gasteiger partial charge is 0.262 e. The zero-order valence-electron chi connectivity index (χ0n) is 12.7. The second kappa shape index (κ2) is 7.64. The highest BCUT2D eigenvalue weighted by molar-refractivity contribution is 9.10. The van der Waals surface area contributed by atoms with Crippen molar-refractivity contribution in [1.29, 1.82) is 0 Å². The van der Waals surface area contributed by atoms with Crippen molar-refractivity contribution in [2.75, 3.05) is 20.6 Å². The predicted molar refractivity (Wildman–Crippen MR) is 85.0 cm³/mol. The molecule has 0 spiro atoms. The normalized spacial score (nSPS) is 13.7. The Morgan fingerprint density at radius 1 is 1.40 bits per heavy atom. The first-order valence-corrected chi connectivity index (χ1v) is 7.56. The largest absolute Gasteiger partial charge is 0.481 e. The average molecular weight is 343 g/mol. The minimum Gasteiger partial charge on any atom is -0.481 e. The topological polar surface area (TPSA) is 41.6 Å². The van der Waals surface area contributed by atoms with E-state index in [1.807, 2.05) is 18.2 Å². The lowest BCUT2D eigenvalue weighted by Crippen LogP contribution is -2.35. The lowest BCUT2D eigenvalue weighted by molar-refractivity contribution is -0.135. The van der Waals surface area contributed by atoms with Crippen LogP contribution < -0.4 is 10.1 Å². The number of rotatable bonds is 6. The van der Waals surface area contributed by atoms with E-state index in [1.54, 1.807) is 21.0 Å². The summed E-state index contributed by atoms with van der Waals surface area (Å²) in [7, 11) is 3.46. The van der Waals surface area contributed by atoms with Crippen molar-refractivity contribution in [3.63, 3.8) is 0 Å². The number of carbonyl (C=O) groups excluding carboxylic acids is 1. The molecule has 1 rings (SSSR count). The number of likely N-dealkylation sites (N-methyl/N-ethyl adjacent to an activating group) is 1. The Bertz CT molecular complexity index is 463. The van der Waals surface area contributed by atoms with Crippen LogP contribution in [0.2, 0.25) is 0 Å². The van der Waals surface area contributed by atoms with Gasteiger partial charge in [-0.15, -0.1) is 0 Å². The minimum absolute atomic E-state index is 0.0463. The summed E-state index contributed by atoms with van der Waals surface area (Å²) in [4.78, 5) is 13.4. The third kappa shape index (κ3) is 4.49. The quantitative estimate of drug-likeness (QED) is 0.863. The molecular formula is C15H23BrN2O2. The Morgan fingerprint density at radius 2 is 2.05 bits per heavy atom. The molecule has 0 aliphatic rings. The molecule has 1 aromatic rings. The van der Waals surface area contributed by atoms with Crippen LogP contribution in [0.4, 0.5) is 0 Å². The van der Waals surface area contributed by atoms with Crippen molar-refractivity contribution in [3.8, 4) is 5.75 Å². The minimum atomic E-state index is -0.501. The number of nitrogens with zero attached hydrogens (tertiary/aromatic N) is 1. The number of carbonyl (C=O) groups is 1. The fourth-order valence-corrected chi connectivity index (χ4v) is 2.36. The average Bonchev–Trinajstić information content (AvgIpc) is 2.39. The van der Waals surface area contributed by atoms with Gasteiger partial charge in [0, 0.05) is 30.2 Å². The lowest BCUT2D eigenvalue weighted by atomic mass is 10.1. The first-order chi connectivity index (χ1) is 9.36. The van der Waals surface area contributed by atoms with Crippen molar-refractivity contribution in [2.24, 2.45) is 0 Å². The molecule has 0 radical (unpaired) electrons. The van der Waals surface area contributed by atoms with Crippen LogP contribution in [0.25, 0.3) is 0 Å². The molecule has 2 unspecified atom stereocenters. The second-order valence-corrected chi connectivity index (χ2v) is 5.87. The van der Waals surface area contributed by atoms with Gasteiger partial charge in [-0.25, -0.2) is 0 Å². The molecule has 1 amide bonds. The van der Waals surface area contributed by atoms with E-state index in [9.17, 15) is 4.79 Å². The molecule has 20 heavy (non-hydrogen) atoms. The van der Waals surface area contributed by atoms with Crippen LogP contribution in [0.1, 0.15) is 32.4 Å². The summed E-state index contributed by atoms with van der Waals surface area (Å²) >= 11 is 3.48. The number of halogens is 1. The summed E-state index contributed by atoms with van der Waals surface area (Å²) in [6, 6.07) is 6.00. The fourth-order valence-electron chi connectivity index (χ4n) is 1.99. The van der Waals surface area contributed by atoms with Gasteiger partial charge in [-0.2, -0.15) is 0 Å². The molecule has 0 aliphatic heterocycles. The Kier molecular flexibility index (Phi) is 6.49. The summed E-state index contributed by atoms with van der Waals surface area (Å²) in [5.41, 5.74) is 1.04. The summed E-state index contributed by atoms with van der Waals surface area (Å²) in [6.45, 7) is 6.79. The molecule has 2 atom stereocenters. The third-order valence-electron chi connectivity index (χ3n) is 3.04. The maximum atomic E-state index is 11.9. The van der Waals surface area contributed by atoms with Crippen LogP contribution >= 0.6 is 15.9 Å². The Morgan fingerprint density at radius 3 is 2.60 bits per heavy atom. The molecule has 0 aromatic heterocycles. The lowest BCUT2D eigenvalue weighted by Gasteiger charge is -2.22. The SMILES string of the molecule is CCNC(C)c1cc(Br)ccc1OC(C)C(=O)N(C)C. The van der Waals surface area contributed by atoms with Gasteiger partial charge in [0.05, 0.1) is 0 Å². The van der Waals surface area contributed by atoms with Crippen molar-refractivity contribution >= 4 is 21.8 Å². The van der Waals surface area contributed by atoms with E-state index >= 15 is 0 Å². The molecule has 0 fully saturated rings. The van der Waals surface area contributed by atoms with E-state index in [2.05, 4.69) is 35.1 Å². The first-order valence-electron chi connectivity index (χ1n) is 6.77. The zero-order chi connectivity index (χ0) is 15.3. The highest BCUT2D eigenvalue weighted by Crippen LogP contribution is 2.29. The van der Waals surface area contributed by atoms with E-state index in [-0.39, 0.29) is 11.9 Å². The summed E-state index contributed by atoms with van der Waals surface area (Å²) in [5.74, 6) is 0.694. The van der Waals surface area contributed by atoms with E-state index in [0.29, 0.717) is 0 Å². The molecule has 0 saturated heterocycles. The standard InChI is InChI=1S/C15H23BrN2O2/c1-6-17-10(2)13-9-12(16)7-8-14(13)20-11(3)15(19)18(4)5/h7-11,17H,6H2,1-5H3. The highest BCUT2D eigenvalue weighted by Gasteiger charge is 2.19. The molecule has 4 nitrogen and oxygen atoms in total. The summed E-state index contributed by atoms with van der Waals surface area (Å²) < 4.78 is 6.84. The Hall–Kier alpha value is -1.07. The number of benzene rings is 1. The van der Waals surface area contributed by atoms with Gasteiger partial charge < -0.3 is 15.0 Å². The van der Waals surface area contributed by atoms with Crippen LogP contribution in [0, 0.1) is 0 Å². The predicted octanol–water partition coefficient (Wildman–Crippen LogP) is 2.98. The van der Waals surface area contributed by atoms with Crippen molar-refractivity contribution < 1.29 is 9.53 Å². The van der Waals surface area contributed by atoms with Crippen LogP contribution in [-0.2, 0) is 4.79 Å². The zero-order valence-corrected chi connectivity index (χ0v) is 14.3. The van der Waals surface area contributed by atoms with Gasteiger partial charge in [-0.05, 0) is 38.6 Å². The molecule has 0 bridgehead atoms. The molecule has 0 saturated carbocycles. The fraction of sp³-hybridized carbons (Fsp3) is 0.533. The molecule has 0 heterocycles. The second-order valence-electron chi connectivity index (χ2n) is 4.95. The van der Waals surface area contributed by atoms with Crippen molar-refractivity contribution in [2.45, 2.75) is 32.9 Å². The van der Waals surface area contributed by atoms with Gasteiger partial charge in [0.15, 0.2) is 6.10 Å². The van der Waals surface area contributed by atoms with Crippen LogP contribution in [0.5, 0.6) is 5.75 Å². The monoisotopic (exact) mass is 342 g/mol. The number of hydrogen-bond donors (Lipinski definition) is 1. The van der Waals surface area contributed by atoms with Crippen molar-refractivity contribution in [1.82, 2.24) is 10.2 Å². The van der Waals surface area contributed by atoms with Crippen LogP contribution in [0.3, 0.4) is 0 Å². The number of ether oxygens (including phenoxy) is 1. The highest BCUT2D eigenvalue weighted by atomic mass is 79.9. The molecule has 0 aliphatic carbocycles. The van der Waals surface area contributed by atoms with Crippen LogP contribution in [-0.4, -0.2) is 37.6 Å². The van der Waals surface area contributed by atoms with Gasteiger partial charge >= 0.3 is 0 Å². The van der Waals surface area contributed by atoms with Crippen LogP contribution in [0.15, 0.2) is 22.7 Å². The van der Waals surface area contributed by atoms with Crippen molar-refractivity contribution in [3.05, 3.63) is 28.2 Å². The van der Waals surface area contributed by atoms with Gasteiger partial charge in [-0.3, -0.25) is 4.79 Å². The van der Waals surface area contributed by atoms with Gasteiger partial charge in [0.1, 0.15) is 5.75 Å². The van der Waals surface area contributed by atoms with Gasteiger partial charge in [0.25, 0.3) is 5.91 Å². The first kappa shape index (κ1) is 17.0. The maximum absolute atomic E-state index is 11.9. The number of amides is 1.